The fourth-order valence-corrected chi connectivity index (χ4v) is 5.73. The number of β-amino-alcohol motifs (C(OH)–C–C–N with tert-alkyl or cyclic N) is 1. The highest BCUT2D eigenvalue weighted by Crippen LogP contribution is 2.45. The molecule has 2 saturated heterocycles. The minimum atomic E-state index is -0.418. The van der Waals surface area contributed by atoms with Crippen molar-refractivity contribution >= 4 is 29.6 Å². The van der Waals surface area contributed by atoms with Crippen molar-refractivity contribution in [3.05, 3.63) is 21.4 Å². The summed E-state index contributed by atoms with van der Waals surface area (Å²) in [5.74, 6) is -0.0188. The Morgan fingerprint density at radius 1 is 1.27 bits per heavy atom. The molecule has 4 rings (SSSR count). The standard InChI is InChI=1S/C19H26N2O5S.CH2O2/c22-9-2-16(24)20-7-4-19(5-8-20)17-13(3-10-26-19)11-15(27-17)18(25)21-6-1-14(23)12-21;2-1-3/h11,14,22-23H,1-10,12H2;1H,(H,2,3). The fourth-order valence-electron chi connectivity index (χ4n) is 4.35. The monoisotopic (exact) mass is 440 g/mol. The first kappa shape index (κ1) is 22.7. The van der Waals surface area contributed by atoms with Crippen LogP contribution in [0.15, 0.2) is 6.07 Å². The van der Waals surface area contributed by atoms with Gasteiger partial charge in [0.1, 0.15) is 5.60 Å². The molecule has 1 atom stereocenters. The molecule has 30 heavy (non-hydrogen) atoms. The summed E-state index contributed by atoms with van der Waals surface area (Å²) >= 11 is 1.52. The van der Waals surface area contributed by atoms with Crippen LogP contribution in [0.1, 0.15) is 45.8 Å². The van der Waals surface area contributed by atoms with E-state index in [1.54, 1.807) is 9.80 Å². The van der Waals surface area contributed by atoms with Gasteiger partial charge >= 0.3 is 0 Å². The number of fused-ring (bicyclic) bond motifs is 2. The van der Waals surface area contributed by atoms with Gasteiger partial charge in [-0.25, -0.2) is 0 Å². The van der Waals surface area contributed by atoms with Gasteiger partial charge in [0.2, 0.25) is 5.91 Å². The van der Waals surface area contributed by atoms with E-state index in [0.29, 0.717) is 52.0 Å². The van der Waals surface area contributed by atoms with Gasteiger partial charge in [-0.05, 0) is 37.3 Å². The number of aliphatic hydroxyl groups excluding tert-OH is 2. The minimum absolute atomic E-state index is 0.00309. The Morgan fingerprint density at radius 2 is 1.97 bits per heavy atom. The van der Waals surface area contributed by atoms with Crippen molar-refractivity contribution in [2.45, 2.75) is 43.8 Å². The van der Waals surface area contributed by atoms with Crippen molar-refractivity contribution in [1.29, 1.82) is 0 Å². The molecule has 10 heteroatoms. The van der Waals surface area contributed by atoms with Crippen LogP contribution in [-0.4, -0.2) is 88.9 Å². The van der Waals surface area contributed by atoms with Gasteiger partial charge in [-0.3, -0.25) is 14.4 Å². The Labute approximate surface area is 178 Å². The zero-order valence-electron chi connectivity index (χ0n) is 16.8. The maximum absolute atomic E-state index is 12.8. The van der Waals surface area contributed by atoms with Crippen LogP contribution in [0.3, 0.4) is 0 Å². The predicted octanol–water partition coefficient (Wildman–Crippen LogP) is 0.429. The lowest BCUT2D eigenvalue weighted by atomic mass is 9.85. The van der Waals surface area contributed by atoms with E-state index in [0.717, 1.165) is 16.2 Å². The highest BCUT2D eigenvalue weighted by Gasteiger charge is 2.43. The molecule has 1 unspecified atom stereocenters. The number of likely N-dealkylation sites (tertiary alicyclic amines) is 2. The Kier molecular flexibility index (Phi) is 7.45. The fraction of sp³-hybridized carbons (Fsp3) is 0.650. The second kappa shape index (κ2) is 9.86. The molecule has 2 amide bonds. The number of nitrogens with zero attached hydrogens (tertiary/aromatic N) is 2. The first-order valence-electron chi connectivity index (χ1n) is 10.1. The third-order valence-corrected chi connectivity index (χ3v) is 7.23. The van der Waals surface area contributed by atoms with Gasteiger partial charge in [0.15, 0.2) is 0 Å². The zero-order chi connectivity index (χ0) is 21.7. The average Bonchev–Trinajstić information content (AvgIpc) is 3.36. The maximum Gasteiger partial charge on any atom is 0.290 e. The number of carboxylic acid groups (broad SMARTS) is 1. The van der Waals surface area contributed by atoms with Gasteiger partial charge in [-0.1, -0.05) is 0 Å². The molecule has 0 aromatic carbocycles. The molecule has 0 aliphatic carbocycles. The SMILES string of the molecule is O=C(CCO)N1CCC2(CC1)OCCc1cc(C(=O)N3CCC(O)C3)sc12.O=CO. The number of thiophene rings is 1. The van der Waals surface area contributed by atoms with E-state index in [1.807, 2.05) is 6.07 Å². The lowest BCUT2D eigenvalue weighted by Crippen LogP contribution is -2.48. The highest BCUT2D eigenvalue weighted by atomic mass is 32.1. The summed E-state index contributed by atoms with van der Waals surface area (Å²) in [6.07, 6.45) is 2.62. The van der Waals surface area contributed by atoms with Crippen LogP contribution in [0.2, 0.25) is 0 Å². The third-order valence-electron chi connectivity index (χ3n) is 5.88. The summed E-state index contributed by atoms with van der Waals surface area (Å²) < 4.78 is 6.21. The van der Waals surface area contributed by atoms with Gasteiger partial charge in [-0.15, -0.1) is 11.3 Å². The van der Waals surface area contributed by atoms with Crippen LogP contribution < -0.4 is 0 Å². The van der Waals surface area contributed by atoms with Crippen molar-refractivity contribution in [2.24, 2.45) is 0 Å². The predicted molar refractivity (Wildman–Crippen MR) is 108 cm³/mol. The van der Waals surface area contributed by atoms with E-state index >= 15 is 0 Å². The Bertz CT molecular complexity index is 773. The van der Waals surface area contributed by atoms with Gasteiger partial charge in [0.05, 0.1) is 24.2 Å². The first-order valence-corrected chi connectivity index (χ1v) is 11.0. The molecule has 3 aliphatic rings. The number of rotatable bonds is 3. The van der Waals surface area contributed by atoms with E-state index in [-0.39, 0.29) is 31.3 Å². The number of carbonyl (C=O) groups is 3. The van der Waals surface area contributed by atoms with Crippen molar-refractivity contribution in [1.82, 2.24) is 9.80 Å². The highest BCUT2D eigenvalue weighted by molar-refractivity contribution is 7.14. The Balaban J connectivity index is 0.000000806. The molecule has 1 aromatic heterocycles. The van der Waals surface area contributed by atoms with Crippen LogP contribution in [0.5, 0.6) is 0 Å². The van der Waals surface area contributed by atoms with Gasteiger partial charge in [-0.2, -0.15) is 0 Å². The van der Waals surface area contributed by atoms with E-state index in [4.69, 9.17) is 19.7 Å². The largest absolute Gasteiger partial charge is 0.483 e. The quantitative estimate of drug-likeness (QED) is 0.582. The zero-order valence-corrected chi connectivity index (χ0v) is 17.6. The molecule has 0 saturated carbocycles. The Morgan fingerprint density at radius 3 is 2.57 bits per heavy atom. The smallest absolute Gasteiger partial charge is 0.290 e. The molecule has 3 aliphatic heterocycles. The van der Waals surface area contributed by atoms with E-state index in [2.05, 4.69) is 0 Å². The number of piperidine rings is 1. The summed E-state index contributed by atoms with van der Waals surface area (Å²) in [5, 5.41) is 25.6. The van der Waals surface area contributed by atoms with Crippen molar-refractivity contribution in [3.63, 3.8) is 0 Å². The Hall–Kier alpha value is -2.01. The summed E-state index contributed by atoms with van der Waals surface area (Å²) in [7, 11) is 0. The minimum Gasteiger partial charge on any atom is -0.483 e. The van der Waals surface area contributed by atoms with Crippen LogP contribution in [0.4, 0.5) is 0 Å². The van der Waals surface area contributed by atoms with Crippen molar-refractivity contribution in [2.75, 3.05) is 39.4 Å². The molecule has 166 valence electrons. The molecule has 1 spiro atoms. The van der Waals surface area contributed by atoms with Crippen LogP contribution >= 0.6 is 11.3 Å². The van der Waals surface area contributed by atoms with E-state index < -0.39 is 11.7 Å². The van der Waals surface area contributed by atoms with Gasteiger partial charge < -0.3 is 29.9 Å². The maximum atomic E-state index is 12.8. The number of carbonyl (C=O) groups excluding carboxylic acids is 2. The number of ether oxygens (including phenoxy) is 1. The lowest BCUT2D eigenvalue weighted by molar-refractivity contribution is -0.140. The first-order chi connectivity index (χ1) is 14.4. The van der Waals surface area contributed by atoms with Crippen molar-refractivity contribution in [3.8, 4) is 0 Å². The molecule has 0 radical (unpaired) electrons. The number of hydrogen-bond acceptors (Lipinski definition) is 7. The number of aliphatic hydroxyl groups is 2. The van der Waals surface area contributed by atoms with Gasteiger partial charge in [0, 0.05) is 37.5 Å². The van der Waals surface area contributed by atoms with E-state index in [9.17, 15) is 14.7 Å². The number of amides is 2. The number of hydrogen-bond donors (Lipinski definition) is 3. The summed E-state index contributed by atoms with van der Waals surface area (Å²) in [4.78, 5) is 38.6. The van der Waals surface area contributed by atoms with Crippen molar-refractivity contribution < 1.29 is 34.4 Å². The molecule has 3 N–H and O–H groups in total. The summed E-state index contributed by atoms with van der Waals surface area (Å²) in [6.45, 7) is 2.49. The normalized spacial score (nSPS) is 22.3. The molecule has 2 fully saturated rings. The molecule has 4 heterocycles. The summed E-state index contributed by atoms with van der Waals surface area (Å²) in [5.41, 5.74) is 0.779. The molecular formula is C20H28N2O7S. The van der Waals surface area contributed by atoms with Crippen LogP contribution in [0, 0.1) is 0 Å². The second-order valence-electron chi connectivity index (χ2n) is 7.71. The molecule has 0 bridgehead atoms. The summed E-state index contributed by atoms with van der Waals surface area (Å²) in [6, 6.07) is 2.00. The van der Waals surface area contributed by atoms with Gasteiger partial charge in [0.25, 0.3) is 12.4 Å². The molecule has 1 aromatic rings. The topological polar surface area (TPSA) is 128 Å². The van der Waals surface area contributed by atoms with Crippen LogP contribution in [0.25, 0.3) is 0 Å². The molecule has 9 nitrogen and oxygen atoms in total. The molecular weight excluding hydrogens is 412 g/mol. The van der Waals surface area contributed by atoms with Crippen LogP contribution in [-0.2, 0) is 26.3 Å². The lowest BCUT2D eigenvalue weighted by Gasteiger charge is -2.43. The van der Waals surface area contributed by atoms with E-state index in [1.165, 1.54) is 16.9 Å². The second-order valence-corrected chi connectivity index (χ2v) is 8.76. The average molecular weight is 441 g/mol. The third kappa shape index (κ3) is 4.66.